The van der Waals surface area contributed by atoms with Gasteiger partial charge in [-0.3, -0.25) is 4.79 Å². The van der Waals surface area contributed by atoms with E-state index in [1.54, 1.807) is 22.9 Å². The highest BCUT2D eigenvalue weighted by Gasteiger charge is 2.23. The second kappa shape index (κ2) is 6.49. The lowest BCUT2D eigenvalue weighted by molar-refractivity contribution is -0.0365. The lowest BCUT2D eigenvalue weighted by Gasteiger charge is -2.23. The molecule has 0 radical (unpaired) electrons. The average molecular weight is 382 g/mol. The van der Waals surface area contributed by atoms with Crippen LogP contribution in [0.25, 0.3) is 33.2 Å². The third-order valence-corrected chi connectivity index (χ3v) is 5.04. The molecule has 3 aromatic heterocycles. The molecular formula is C20H16F2N4O2. The van der Waals surface area contributed by atoms with Gasteiger partial charge in [-0.15, -0.1) is 0 Å². The van der Waals surface area contributed by atoms with Gasteiger partial charge in [0, 0.05) is 24.3 Å². The van der Waals surface area contributed by atoms with Crippen molar-refractivity contribution in [1.29, 1.82) is 0 Å². The summed E-state index contributed by atoms with van der Waals surface area (Å²) in [5.74, 6) is -1.89. The number of aromatic nitrogens is 4. The minimum absolute atomic E-state index is 0.240. The maximum Gasteiger partial charge on any atom is 0.257 e. The van der Waals surface area contributed by atoms with E-state index in [2.05, 4.69) is 15.1 Å². The van der Waals surface area contributed by atoms with Gasteiger partial charge < -0.3 is 9.72 Å². The van der Waals surface area contributed by atoms with Crippen molar-refractivity contribution in [2.24, 2.45) is 0 Å². The van der Waals surface area contributed by atoms with Gasteiger partial charge in [-0.25, -0.2) is 18.4 Å². The van der Waals surface area contributed by atoms with E-state index < -0.39 is 11.6 Å². The number of ether oxygens (including phenoxy) is 1. The average Bonchev–Trinajstić information content (AvgIpc) is 3.07. The molecule has 1 aliphatic rings. The van der Waals surface area contributed by atoms with Crippen molar-refractivity contribution in [2.45, 2.75) is 25.5 Å². The van der Waals surface area contributed by atoms with Gasteiger partial charge in [0.15, 0.2) is 17.9 Å². The van der Waals surface area contributed by atoms with Crippen LogP contribution in [0.1, 0.15) is 25.5 Å². The van der Waals surface area contributed by atoms with Gasteiger partial charge in [0.05, 0.1) is 22.1 Å². The van der Waals surface area contributed by atoms with Gasteiger partial charge in [-0.1, -0.05) is 0 Å². The first-order chi connectivity index (χ1) is 13.6. The Kier molecular flexibility index (Phi) is 3.94. The molecule has 0 bridgehead atoms. The van der Waals surface area contributed by atoms with Crippen LogP contribution in [0.4, 0.5) is 8.78 Å². The monoisotopic (exact) mass is 382 g/mol. The van der Waals surface area contributed by atoms with Crippen LogP contribution in [0.2, 0.25) is 0 Å². The first-order valence-corrected chi connectivity index (χ1v) is 9.09. The summed E-state index contributed by atoms with van der Waals surface area (Å²) in [5, 5.41) is 5.50. The second-order valence-electron chi connectivity index (χ2n) is 6.83. The predicted octanol–water partition coefficient (Wildman–Crippen LogP) is 3.92. The summed E-state index contributed by atoms with van der Waals surface area (Å²) in [5.41, 5.74) is 1.61. The summed E-state index contributed by atoms with van der Waals surface area (Å²) in [7, 11) is 0. The van der Waals surface area contributed by atoms with Crippen LogP contribution >= 0.6 is 0 Å². The summed E-state index contributed by atoms with van der Waals surface area (Å²) < 4.78 is 35.3. The Balaban J connectivity index is 1.75. The van der Waals surface area contributed by atoms with Crippen molar-refractivity contribution >= 4 is 21.8 Å². The maximum atomic E-state index is 14.0. The Bertz CT molecular complexity index is 1260. The van der Waals surface area contributed by atoms with E-state index in [1.165, 1.54) is 6.20 Å². The lowest BCUT2D eigenvalue weighted by atomic mass is 10.1. The Morgan fingerprint density at radius 3 is 2.79 bits per heavy atom. The van der Waals surface area contributed by atoms with Gasteiger partial charge in [0.1, 0.15) is 5.69 Å². The zero-order valence-electron chi connectivity index (χ0n) is 14.8. The van der Waals surface area contributed by atoms with E-state index in [4.69, 9.17) is 4.74 Å². The van der Waals surface area contributed by atoms with E-state index in [9.17, 15) is 13.6 Å². The van der Waals surface area contributed by atoms with Gasteiger partial charge in [0.25, 0.3) is 5.56 Å². The van der Waals surface area contributed by atoms with E-state index in [0.717, 1.165) is 31.4 Å². The number of fused-ring (bicyclic) bond motifs is 2. The normalized spacial score (nSPS) is 17.4. The molecule has 1 aliphatic heterocycles. The summed E-state index contributed by atoms with van der Waals surface area (Å²) in [6.45, 7) is 0.599. The number of rotatable bonds is 2. The molecule has 0 spiro atoms. The molecule has 1 aromatic carbocycles. The van der Waals surface area contributed by atoms with Crippen LogP contribution in [0.15, 0.2) is 41.3 Å². The molecule has 28 heavy (non-hydrogen) atoms. The minimum Gasteiger partial charge on any atom is -0.356 e. The molecule has 1 unspecified atom stereocenters. The zero-order valence-corrected chi connectivity index (χ0v) is 14.8. The Labute approximate surface area is 157 Å². The van der Waals surface area contributed by atoms with Crippen molar-refractivity contribution < 1.29 is 13.5 Å². The lowest BCUT2D eigenvalue weighted by Crippen LogP contribution is -2.19. The highest BCUT2D eigenvalue weighted by Crippen LogP contribution is 2.33. The Morgan fingerprint density at radius 1 is 1.11 bits per heavy atom. The van der Waals surface area contributed by atoms with Crippen molar-refractivity contribution in [3.8, 4) is 11.4 Å². The number of aromatic amines is 1. The van der Waals surface area contributed by atoms with Gasteiger partial charge in [-0.2, -0.15) is 5.10 Å². The molecule has 1 N–H and O–H groups in total. The standard InChI is InChI=1S/C20H16F2N4O2/c21-13-9-12-17(10-14(13)22)26(18-3-1-2-8-28-18)25-19(12)16-5-4-11-15(24-16)6-7-23-20(11)27/h4-7,9-10,18H,1-3,8H2,(H,23,27). The van der Waals surface area contributed by atoms with Crippen LogP contribution in [0.3, 0.4) is 0 Å². The molecular weight excluding hydrogens is 366 g/mol. The number of H-pyrrole nitrogens is 1. The summed E-state index contributed by atoms with van der Waals surface area (Å²) >= 11 is 0. The molecule has 0 amide bonds. The van der Waals surface area contributed by atoms with Crippen molar-refractivity contribution in [2.75, 3.05) is 6.61 Å². The number of benzene rings is 1. The molecule has 1 saturated heterocycles. The molecule has 4 aromatic rings. The number of nitrogens with one attached hydrogen (secondary N) is 1. The van der Waals surface area contributed by atoms with Crippen molar-refractivity contribution in [1.82, 2.24) is 19.7 Å². The molecule has 8 heteroatoms. The second-order valence-corrected chi connectivity index (χ2v) is 6.83. The number of halogens is 2. The van der Waals surface area contributed by atoms with E-state index in [1.807, 2.05) is 0 Å². The van der Waals surface area contributed by atoms with Crippen molar-refractivity contribution in [3.63, 3.8) is 0 Å². The first kappa shape index (κ1) is 17.0. The first-order valence-electron chi connectivity index (χ1n) is 9.09. The fraction of sp³-hybridized carbons (Fsp3) is 0.250. The molecule has 142 valence electrons. The third-order valence-electron chi connectivity index (χ3n) is 5.04. The van der Waals surface area contributed by atoms with Gasteiger partial charge in [0.2, 0.25) is 0 Å². The van der Waals surface area contributed by atoms with E-state index in [-0.39, 0.29) is 11.8 Å². The Morgan fingerprint density at radius 2 is 1.96 bits per heavy atom. The fourth-order valence-electron chi connectivity index (χ4n) is 3.66. The Hall–Kier alpha value is -3.13. The summed E-state index contributed by atoms with van der Waals surface area (Å²) in [6, 6.07) is 7.27. The number of hydrogen-bond donors (Lipinski definition) is 1. The molecule has 4 heterocycles. The SMILES string of the molecule is O=c1[nH]ccc2nc(-c3nn(C4CCCCO4)c4cc(F)c(F)cc34)ccc12. The quantitative estimate of drug-likeness (QED) is 0.570. The minimum atomic E-state index is -0.949. The summed E-state index contributed by atoms with van der Waals surface area (Å²) in [4.78, 5) is 19.0. The van der Waals surface area contributed by atoms with Crippen LogP contribution in [0, 0.1) is 11.6 Å². The smallest absolute Gasteiger partial charge is 0.257 e. The number of nitrogens with zero attached hydrogens (tertiary/aromatic N) is 3. The summed E-state index contributed by atoms with van der Waals surface area (Å²) in [6.07, 6.45) is 3.87. The van der Waals surface area contributed by atoms with Crippen LogP contribution in [-0.2, 0) is 4.74 Å². The highest BCUT2D eigenvalue weighted by atomic mass is 19.2. The van der Waals surface area contributed by atoms with Gasteiger partial charge in [-0.05, 0) is 43.5 Å². The third kappa shape index (κ3) is 2.68. The largest absolute Gasteiger partial charge is 0.356 e. The van der Waals surface area contributed by atoms with Crippen LogP contribution < -0.4 is 5.56 Å². The molecule has 0 aliphatic carbocycles. The number of hydrogen-bond acceptors (Lipinski definition) is 4. The molecule has 1 fully saturated rings. The highest BCUT2D eigenvalue weighted by molar-refractivity contribution is 5.94. The predicted molar refractivity (Wildman–Crippen MR) is 99.8 cm³/mol. The molecule has 5 rings (SSSR count). The van der Waals surface area contributed by atoms with Gasteiger partial charge >= 0.3 is 0 Å². The molecule has 0 saturated carbocycles. The van der Waals surface area contributed by atoms with Crippen molar-refractivity contribution in [3.05, 3.63) is 58.5 Å². The molecule has 6 nitrogen and oxygen atoms in total. The van der Waals surface area contributed by atoms with Crippen LogP contribution in [-0.4, -0.2) is 26.4 Å². The zero-order chi connectivity index (χ0) is 19.3. The topological polar surface area (TPSA) is 72.8 Å². The fourth-order valence-corrected chi connectivity index (χ4v) is 3.66. The molecule has 1 atom stereocenters. The van der Waals surface area contributed by atoms with E-state index in [0.29, 0.717) is 39.8 Å². The maximum absolute atomic E-state index is 14.0. The van der Waals surface area contributed by atoms with Crippen LogP contribution in [0.5, 0.6) is 0 Å². The number of pyridine rings is 2. The van der Waals surface area contributed by atoms with E-state index >= 15 is 0 Å².